The molecular formula is C15H20N2O. The molecule has 0 aliphatic carbocycles. The number of aromatic nitrogens is 2. The zero-order valence-electron chi connectivity index (χ0n) is 11.3. The first-order chi connectivity index (χ1) is 8.72. The lowest BCUT2D eigenvalue weighted by molar-refractivity contribution is 0.295. The molecule has 1 aromatic carbocycles. The second-order valence-corrected chi connectivity index (χ2v) is 4.39. The Morgan fingerprint density at radius 1 is 1.11 bits per heavy atom. The van der Waals surface area contributed by atoms with Crippen molar-refractivity contribution < 1.29 is 4.74 Å². The second-order valence-electron chi connectivity index (χ2n) is 4.39. The minimum absolute atomic E-state index is 0.564. The van der Waals surface area contributed by atoms with E-state index >= 15 is 0 Å². The van der Waals surface area contributed by atoms with Gasteiger partial charge in [-0.05, 0) is 36.6 Å². The third-order valence-corrected chi connectivity index (χ3v) is 3.11. The summed E-state index contributed by atoms with van der Waals surface area (Å²) in [5, 5.41) is 4.41. The Kier molecular flexibility index (Phi) is 4.03. The summed E-state index contributed by atoms with van der Waals surface area (Å²) in [6.07, 6.45) is 2.01. The summed E-state index contributed by atoms with van der Waals surface area (Å²) in [7, 11) is 1.96. The summed E-state index contributed by atoms with van der Waals surface area (Å²) in [4.78, 5) is 0. The van der Waals surface area contributed by atoms with Crippen LogP contribution in [0.3, 0.4) is 0 Å². The number of benzene rings is 1. The van der Waals surface area contributed by atoms with Gasteiger partial charge >= 0.3 is 0 Å². The molecule has 0 aliphatic rings. The van der Waals surface area contributed by atoms with Gasteiger partial charge in [-0.25, -0.2) is 0 Å². The van der Waals surface area contributed by atoms with E-state index in [-0.39, 0.29) is 0 Å². The van der Waals surface area contributed by atoms with E-state index < -0.39 is 0 Å². The number of rotatable bonds is 5. The lowest BCUT2D eigenvalue weighted by Gasteiger charge is -2.06. The largest absolute Gasteiger partial charge is 0.487 e. The minimum Gasteiger partial charge on any atom is -0.487 e. The number of ether oxygens (including phenoxy) is 1. The van der Waals surface area contributed by atoms with Crippen molar-refractivity contribution >= 4 is 0 Å². The van der Waals surface area contributed by atoms with Crippen LogP contribution in [0.25, 0.3) is 0 Å². The SMILES string of the molecule is CCc1ccc(OCc2cc(CC)nn2C)cc1. The number of aryl methyl sites for hydroxylation is 3. The third kappa shape index (κ3) is 2.92. The molecule has 0 spiro atoms. The molecule has 0 bridgehead atoms. The monoisotopic (exact) mass is 244 g/mol. The molecule has 0 unspecified atom stereocenters. The molecular weight excluding hydrogens is 224 g/mol. The van der Waals surface area contributed by atoms with Gasteiger partial charge in [0.2, 0.25) is 0 Å². The van der Waals surface area contributed by atoms with Crippen molar-refractivity contribution in [3.05, 3.63) is 47.3 Å². The first-order valence-electron chi connectivity index (χ1n) is 6.46. The summed E-state index contributed by atoms with van der Waals surface area (Å²) < 4.78 is 7.66. The molecule has 1 heterocycles. The van der Waals surface area contributed by atoms with Crippen LogP contribution in [0.2, 0.25) is 0 Å². The van der Waals surface area contributed by atoms with E-state index in [1.54, 1.807) is 0 Å². The highest BCUT2D eigenvalue weighted by Crippen LogP contribution is 2.15. The molecule has 2 rings (SSSR count). The second kappa shape index (κ2) is 5.71. The standard InChI is InChI=1S/C15H20N2O/c1-4-12-6-8-15(9-7-12)18-11-14-10-13(5-2)16-17(14)3/h6-10H,4-5,11H2,1-3H3. The van der Waals surface area contributed by atoms with Crippen molar-refractivity contribution in [2.45, 2.75) is 33.3 Å². The highest BCUT2D eigenvalue weighted by Gasteiger charge is 2.04. The van der Waals surface area contributed by atoms with Gasteiger partial charge in [0.05, 0.1) is 11.4 Å². The number of nitrogens with zero attached hydrogens (tertiary/aromatic N) is 2. The molecule has 0 N–H and O–H groups in total. The fourth-order valence-electron chi connectivity index (χ4n) is 1.86. The van der Waals surface area contributed by atoms with Crippen LogP contribution in [-0.4, -0.2) is 9.78 Å². The molecule has 0 aliphatic heterocycles. The van der Waals surface area contributed by atoms with E-state index in [2.05, 4.69) is 37.1 Å². The smallest absolute Gasteiger partial charge is 0.130 e. The lowest BCUT2D eigenvalue weighted by atomic mass is 10.2. The lowest BCUT2D eigenvalue weighted by Crippen LogP contribution is -2.03. The summed E-state index contributed by atoms with van der Waals surface area (Å²) >= 11 is 0. The number of hydrogen-bond donors (Lipinski definition) is 0. The van der Waals surface area contributed by atoms with Crippen LogP contribution in [0.1, 0.15) is 30.8 Å². The average molecular weight is 244 g/mol. The van der Waals surface area contributed by atoms with Crippen LogP contribution >= 0.6 is 0 Å². The van der Waals surface area contributed by atoms with Gasteiger partial charge in [0.15, 0.2) is 0 Å². The van der Waals surface area contributed by atoms with E-state index in [0.29, 0.717) is 6.61 Å². The molecule has 96 valence electrons. The molecule has 3 nitrogen and oxygen atoms in total. The molecule has 0 saturated carbocycles. The summed E-state index contributed by atoms with van der Waals surface area (Å²) in [5.41, 5.74) is 3.54. The minimum atomic E-state index is 0.564. The Hall–Kier alpha value is -1.77. The highest BCUT2D eigenvalue weighted by molar-refractivity contribution is 5.27. The van der Waals surface area contributed by atoms with Crippen LogP contribution in [0.4, 0.5) is 0 Å². The molecule has 1 aromatic heterocycles. The summed E-state index contributed by atoms with van der Waals surface area (Å²) in [5.74, 6) is 0.909. The van der Waals surface area contributed by atoms with E-state index in [0.717, 1.165) is 30.0 Å². The zero-order chi connectivity index (χ0) is 13.0. The fourth-order valence-corrected chi connectivity index (χ4v) is 1.86. The molecule has 0 amide bonds. The van der Waals surface area contributed by atoms with Crippen molar-refractivity contribution in [2.75, 3.05) is 0 Å². The Bertz CT molecular complexity index is 500. The van der Waals surface area contributed by atoms with Crippen LogP contribution < -0.4 is 4.74 Å². The van der Waals surface area contributed by atoms with Crippen molar-refractivity contribution in [3.8, 4) is 5.75 Å². The topological polar surface area (TPSA) is 27.1 Å². The van der Waals surface area contributed by atoms with Crippen molar-refractivity contribution in [1.82, 2.24) is 9.78 Å². The maximum atomic E-state index is 5.77. The predicted octanol–water partition coefficient (Wildman–Crippen LogP) is 3.12. The van der Waals surface area contributed by atoms with E-state index in [4.69, 9.17) is 4.74 Å². The van der Waals surface area contributed by atoms with Crippen molar-refractivity contribution in [1.29, 1.82) is 0 Å². The van der Waals surface area contributed by atoms with Crippen LogP contribution in [0.5, 0.6) is 5.75 Å². The molecule has 0 atom stereocenters. The third-order valence-electron chi connectivity index (χ3n) is 3.11. The van der Waals surface area contributed by atoms with Crippen LogP contribution in [-0.2, 0) is 26.5 Å². The average Bonchev–Trinajstić information content (AvgIpc) is 2.77. The van der Waals surface area contributed by atoms with Gasteiger partial charge in [-0.3, -0.25) is 4.68 Å². The van der Waals surface area contributed by atoms with Crippen molar-refractivity contribution in [3.63, 3.8) is 0 Å². The Morgan fingerprint density at radius 2 is 1.83 bits per heavy atom. The molecule has 3 heteroatoms. The summed E-state index contributed by atoms with van der Waals surface area (Å²) in [6.45, 7) is 4.82. The van der Waals surface area contributed by atoms with Crippen LogP contribution in [0.15, 0.2) is 30.3 Å². The molecule has 2 aromatic rings. The molecule has 18 heavy (non-hydrogen) atoms. The van der Waals surface area contributed by atoms with Crippen LogP contribution in [0, 0.1) is 0 Å². The van der Waals surface area contributed by atoms with Gasteiger partial charge in [0, 0.05) is 7.05 Å². The van der Waals surface area contributed by atoms with Gasteiger partial charge in [-0.1, -0.05) is 26.0 Å². The van der Waals surface area contributed by atoms with Crippen molar-refractivity contribution in [2.24, 2.45) is 7.05 Å². The van der Waals surface area contributed by atoms with E-state index in [1.165, 1.54) is 5.56 Å². The highest BCUT2D eigenvalue weighted by atomic mass is 16.5. The van der Waals surface area contributed by atoms with Gasteiger partial charge in [-0.2, -0.15) is 5.10 Å². The van der Waals surface area contributed by atoms with E-state index in [1.807, 2.05) is 23.9 Å². The maximum Gasteiger partial charge on any atom is 0.130 e. The molecule has 0 fully saturated rings. The Morgan fingerprint density at radius 3 is 2.39 bits per heavy atom. The summed E-state index contributed by atoms with van der Waals surface area (Å²) in [6, 6.07) is 10.4. The fraction of sp³-hybridized carbons (Fsp3) is 0.400. The van der Waals surface area contributed by atoms with Gasteiger partial charge in [0.25, 0.3) is 0 Å². The Balaban J connectivity index is 1.99. The quantitative estimate of drug-likeness (QED) is 0.808. The molecule has 0 saturated heterocycles. The first-order valence-corrected chi connectivity index (χ1v) is 6.46. The zero-order valence-corrected chi connectivity index (χ0v) is 11.3. The van der Waals surface area contributed by atoms with Gasteiger partial charge < -0.3 is 4.74 Å². The first kappa shape index (κ1) is 12.7. The predicted molar refractivity (Wildman–Crippen MR) is 72.7 cm³/mol. The van der Waals surface area contributed by atoms with Gasteiger partial charge in [-0.15, -0.1) is 0 Å². The van der Waals surface area contributed by atoms with E-state index in [9.17, 15) is 0 Å². The van der Waals surface area contributed by atoms with Gasteiger partial charge in [0.1, 0.15) is 12.4 Å². The Labute approximate surface area is 108 Å². The molecule has 0 radical (unpaired) electrons. The normalized spacial score (nSPS) is 10.6. The maximum absolute atomic E-state index is 5.77. The number of hydrogen-bond acceptors (Lipinski definition) is 2.